The zero-order valence-corrected chi connectivity index (χ0v) is 13.8. The fourth-order valence-electron chi connectivity index (χ4n) is 3.30. The minimum atomic E-state index is -0.173. The Morgan fingerprint density at radius 2 is 1.96 bits per heavy atom. The molecule has 1 aliphatic rings. The van der Waals surface area contributed by atoms with E-state index in [1.165, 1.54) is 0 Å². The summed E-state index contributed by atoms with van der Waals surface area (Å²) in [4.78, 5) is 18.6. The molecule has 0 saturated carbocycles. The highest BCUT2D eigenvalue weighted by Gasteiger charge is 2.35. The van der Waals surface area contributed by atoms with Gasteiger partial charge in [-0.3, -0.25) is 4.79 Å². The van der Waals surface area contributed by atoms with Gasteiger partial charge in [0.1, 0.15) is 11.8 Å². The Bertz CT molecular complexity index is 852. The standard InChI is InChI=1S/C20H19N3O2/c24-19-14-17(16-6-2-1-3-7-16)20(18-8-4-13-25-18)23(19)11-5-10-22-12-9-21-15-22/h1-4,6-9,12-15,20H,5,10-11H2. The molecular formula is C20H19N3O2. The molecule has 3 aromatic rings. The van der Waals surface area contributed by atoms with Crippen LogP contribution in [0.3, 0.4) is 0 Å². The van der Waals surface area contributed by atoms with Crippen LogP contribution in [0.15, 0.2) is 77.9 Å². The molecule has 1 unspecified atom stereocenters. The van der Waals surface area contributed by atoms with Crippen LogP contribution in [0.5, 0.6) is 0 Å². The van der Waals surface area contributed by atoms with Gasteiger partial charge >= 0.3 is 0 Å². The summed E-state index contributed by atoms with van der Waals surface area (Å²) in [6.07, 6.45) is 9.74. The van der Waals surface area contributed by atoms with E-state index < -0.39 is 0 Å². The van der Waals surface area contributed by atoms with Gasteiger partial charge < -0.3 is 13.9 Å². The van der Waals surface area contributed by atoms with Crippen LogP contribution >= 0.6 is 0 Å². The number of aryl methyl sites for hydroxylation is 1. The lowest BCUT2D eigenvalue weighted by molar-refractivity contribution is -0.126. The lowest BCUT2D eigenvalue weighted by Crippen LogP contribution is -2.30. The number of furan rings is 1. The molecule has 3 heterocycles. The minimum absolute atomic E-state index is 0.0332. The van der Waals surface area contributed by atoms with Crippen molar-refractivity contribution in [3.63, 3.8) is 0 Å². The molecule has 1 atom stereocenters. The summed E-state index contributed by atoms with van der Waals surface area (Å²) >= 11 is 0. The van der Waals surface area contributed by atoms with Crippen molar-refractivity contribution < 1.29 is 9.21 Å². The third-order valence-electron chi connectivity index (χ3n) is 4.46. The minimum Gasteiger partial charge on any atom is -0.467 e. The van der Waals surface area contributed by atoms with E-state index in [1.807, 2.05) is 58.1 Å². The molecule has 126 valence electrons. The molecule has 4 rings (SSSR count). The number of hydrogen-bond donors (Lipinski definition) is 0. The smallest absolute Gasteiger partial charge is 0.247 e. The monoisotopic (exact) mass is 333 g/mol. The topological polar surface area (TPSA) is 51.3 Å². The number of carbonyl (C=O) groups excluding carboxylic acids is 1. The first-order valence-corrected chi connectivity index (χ1v) is 8.40. The van der Waals surface area contributed by atoms with Crippen molar-refractivity contribution in [1.82, 2.24) is 14.5 Å². The number of aromatic nitrogens is 2. The Balaban J connectivity index is 1.57. The average molecular weight is 333 g/mol. The van der Waals surface area contributed by atoms with E-state index in [0.717, 1.165) is 29.9 Å². The van der Waals surface area contributed by atoms with Crippen molar-refractivity contribution in [3.05, 3.63) is 84.8 Å². The van der Waals surface area contributed by atoms with Gasteiger partial charge in [-0.15, -0.1) is 0 Å². The summed E-state index contributed by atoms with van der Waals surface area (Å²) in [5, 5.41) is 0. The summed E-state index contributed by atoms with van der Waals surface area (Å²) in [6, 6.07) is 13.6. The molecule has 1 aliphatic heterocycles. The largest absolute Gasteiger partial charge is 0.467 e. The fraction of sp³-hybridized carbons (Fsp3) is 0.200. The van der Waals surface area contributed by atoms with Gasteiger partial charge in [-0.25, -0.2) is 4.98 Å². The van der Waals surface area contributed by atoms with Crippen molar-refractivity contribution in [3.8, 4) is 0 Å². The predicted octanol–water partition coefficient (Wildman–Crippen LogP) is 3.53. The van der Waals surface area contributed by atoms with Gasteiger partial charge in [-0.05, 0) is 29.7 Å². The second kappa shape index (κ2) is 6.81. The Morgan fingerprint density at radius 1 is 1.08 bits per heavy atom. The quantitative estimate of drug-likeness (QED) is 0.693. The molecular weight excluding hydrogens is 314 g/mol. The number of amides is 1. The molecule has 25 heavy (non-hydrogen) atoms. The summed E-state index contributed by atoms with van der Waals surface area (Å²) in [6.45, 7) is 1.49. The van der Waals surface area contributed by atoms with Crippen LogP contribution in [0.1, 0.15) is 23.8 Å². The van der Waals surface area contributed by atoms with Crippen LogP contribution in [0.25, 0.3) is 5.57 Å². The van der Waals surface area contributed by atoms with Crippen LogP contribution < -0.4 is 0 Å². The first kappa shape index (κ1) is 15.4. The molecule has 5 heteroatoms. The molecule has 1 aromatic carbocycles. The number of rotatable bonds is 6. The van der Waals surface area contributed by atoms with Gasteiger partial charge in [-0.2, -0.15) is 0 Å². The SMILES string of the molecule is O=C1C=C(c2ccccc2)C(c2ccco2)N1CCCn1ccnc1. The van der Waals surface area contributed by atoms with Crippen molar-refractivity contribution in [2.24, 2.45) is 0 Å². The summed E-state index contributed by atoms with van der Waals surface area (Å²) in [5.74, 6) is 0.828. The number of hydrogen-bond acceptors (Lipinski definition) is 3. The van der Waals surface area contributed by atoms with E-state index in [4.69, 9.17) is 4.42 Å². The third kappa shape index (κ3) is 3.13. The van der Waals surface area contributed by atoms with Crippen LogP contribution in [0.2, 0.25) is 0 Å². The Kier molecular flexibility index (Phi) is 4.21. The molecule has 0 fully saturated rings. The van der Waals surface area contributed by atoms with Gasteiger partial charge in [0.15, 0.2) is 0 Å². The van der Waals surface area contributed by atoms with E-state index in [2.05, 4.69) is 4.98 Å². The maximum Gasteiger partial charge on any atom is 0.247 e. The highest BCUT2D eigenvalue weighted by atomic mass is 16.3. The Morgan fingerprint density at radius 3 is 2.68 bits per heavy atom. The number of benzene rings is 1. The Labute approximate surface area is 146 Å². The van der Waals surface area contributed by atoms with Crippen molar-refractivity contribution in [2.75, 3.05) is 6.54 Å². The summed E-state index contributed by atoms with van der Waals surface area (Å²) in [7, 11) is 0. The van der Waals surface area contributed by atoms with Crippen LogP contribution in [0.4, 0.5) is 0 Å². The zero-order valence-electron chi connectivity index (χ0n) is 13.8. The van der Waals surface area contributed by atoms with Crippen molar-refractivity contribution in [1.29, 1.82) is 0 Å². The molecule has 2 aromatic heterocycles. The molecule has 0 radical (unpaired) electrons. The van der Waals surface area contributed by atoms with Gasteiger partial charge in [0.2, 0.25) is 5.91 Å². The van der Waals surface area contributed by atoms with Crippen molar-refractivity contribution in [2.45, 2.75) is 19.0 Å². The van der Waals surface area contributed by atoms with E-state index in [9.17, 15) is 4.79 Å². The van der Waals surface area contributed by atoms with Gasteiger partial charge in [0.25, 0.3) is 0 Å². The molecule has 0 saturated heterocycles. The molecule has 1 amide bonds. The molecule has 0 N–H and O–H groups in total. The number of carbonyl (C=O) groups is 1. The maximum absolute atomic E-state index is 12.6. The lowest BCUT2D eigenvalue weighted by Gasteiger charge is -2.26. The Hall–Kier alpha value is -3.08. The highest BCUT2D eigenvalue weighted by Crippen LogP contribution is 2.40. The third-order valence-corrected chi connectivity index (χ3v) is 4.46. The number of imidazole rings is 1. The molecule has 0 aliphatic carbocycles. The lowest BCUT2D eigenvalue weighted by atomic mass is 9.98. The van der Waals surface area contributed by atoms with Crippen LogP contribution in [0, 0.1) is 0 Å². The first-order valence-electron chi connectivity index (χ1n) is 8.40. The average Bonchev–Trinajstić information content (AvgIpc) is 3.38. The van der Waals surface area contributed by atoms with Gasteiger partial charge in [0, 0.05) is 31.6 Å². The van der Waals surface area contributed by atoms with Crippen molar-refractivity contribution >= 4 is 11.5 Å². The predicted molar refractivity (Wildman–Crippen MR) is 94.4 cm³/mol. The fourth-order valence-corrected chi connectivity index (χ4v) is 3.30. The summed E-state index contributed by atoms with van der Waals surface area (Å²) < 4.78 is 7.67. The second-order valence-corrected chi connectivity index (χ2v) is 6.07. The first-order chi connectivity index (χ1) is 12.3. The molecule has 0 bridgehead atoms. The van der Waals surface area contributed by atoms with E-state index in [-0.39, 0.29) is 11.9 Å². The van der Waals surface area contributed by atoms with Crippen LogP contribution in [-0.4, -0.2) is 26.9 Å². The van der Waals surface area contributed by atoms with Crippen LogP contribution in [-0.2, 0) is 11.3 Å². The number of nitrogens with zero attached hydrogens (tertiary/aromatic N) is 3. The highest BCUT2D eigenvalue weighted by molar-refractivity contribution is 6.02. The maximum atomic E-state index is 12.6. The van der Waals surface area contributed by atoms with E-state index in [0.29, 0.717) is 6.54 Å². The van der Waals surface area contributed by atoms with E-state index in [1.54, 1.807) is 24.9 Å². The van der Waals surface area contributed by atoms with Gasteiger partial charge in [-0.1, -0.05) is 30.3 Å². The normalized spacial score (nSPS) is 17.1. The van der Waals surface area contributed by atoms with E-state index >= 15 is 0 Å². The van der Waals surface area contributed by atoms with Gasteiger partial charge in [0.05, 0.1) is 12.6 Å². The zero-order chi connectivity index (χ0) is 17.1. The summed E-state index contributed by atoms with van der Waals surface area (Å²) in [5.41, 5.74) is 2.04. The molecule has 0 spiro atoms. The molecule has 5 nitrogen and oxygen atoms in total. The second-order valence-electron chi connectivity index (χ2n) is 6.07.